The molecule has 4 nitrogen and oxygen atoms in total. The second-order valence-electron chi connectivity index (χ2n) is 4.74. The molecule has 3 N–H and O–H groups in total. The molecule has 0 bridgehead atoms. The Kier molecular flexibility index (Phi) is 4.54. The van der Waals surface area contributed by atoms with Gasteiger partial charge in [0, 0.05) is 19.7 Å². The zero-order valence-corrected chi connectivity index (χ0v) is 9.65. The molecule has 1 fully saturated rings. The van der Waals surface area contributed by atoms with Crippen molar-refractivity contribution < 1.29 is 9.90 Å². The van der Waals surface area contributed by atoms with Gasteiger partial charge in [0.05, 0.1) is 6.04 Å². The standard InChI is InChI=1S/C11H22N2O2/c1-8(2)10(12)11(15)13-5-3-4-9(6-13)7-14/h8-10,14H,3-7,12H2,1-2H3. The Hall–Kier alpha value is -0.610. The molecule has 1 saturated heterocycles. The average molecular weight is 214 g/mol. The van der Waals surface area contributed by atoms with Crippen LogP contribution in [0, 0.1) is 11.8 Å². The van der Waals surface area contributed by atoms with E-state index in [4.69, 9.17) is 10.8 Å². The van der Waals surface area contributed by atoms with Crippen molar-refractivity contribution in [3.63, 3.8) is 0 Å². The molecule has 0 aromatic carbocycles. The SMILES string of the molecule is CC(C)C(N)C(=O)N1CCCC(CO)C1. The molecule has 2 unspecified atom stereocenters. The van der Waals surface area contributed by atoms with Gasteiger partial charge in [-0.25, -0.2) is 0 Å². The van der Waals surface area contributed by atoms with Crippen molar-refractivity contribution in [2.75, 3.05) is 19.7 Å². The van der Waals surface area contributed by atoms with Crippen molar-refractivity contribution in [1.82, 2.24) is 4.90 Å². The lowest BCUT2D eigenvalue weighted by atomic mass is 9.97. The summed E-state index contributed by atoms with van der Waals surface area (Å²) in [7, 11) is 0. The van der Waals surface area contributed by atoms with Gasteiger partial charge in [-0.2, -0.15) is 0 Å². The summed E-state index contributed by atoms with van der Waals surface area (Å²) in [6, 6.07) is -0.401. The Morgan fingerprint density at radius 2 is 2.27 bits per heavy atom. The molecule has 1 aliphatic rings. The molecule has 0 aliphatic carbocycles. The Bertz CT molecular complexity index is 219. The second-order valence-corrected chi connectivity index (χ2v) is 4.74. The van der Waals surface area contributed by atoms with Gasteiger partial charge in [-0.05, 0) is 24.7 Å². The van der Waals surface area contributed by atoms with Gasteiger partial charge >= 0.3 is 0 Å². The Morgan fingerprint density at radius 3 is 2.80 bits per heavy atom. The maximum Gasteiger partial charge on any atom is 0.239 e. The van der Waals surface area contributed by atoms with Crippen molar-refractivity contribution in [2.45, 2.75) is 32.7 Å². The van der Waals surface area contributed by atoms with E-state index in [9.17, 15) is 4.79 Å². The molecule has 15 heavy (non-hydrogen) atoms. The molecule has 0 aromatic heterocycles. The molecule has 2 atom stereocenters. The van der Waals surface area contributed by atoms with E-state index in [2.05, 4.69) is 0 Å². The first kappa shape index (κ1) is 12.5. The van der Waals surface area contributed by atoms with E-state index in [0.29, 0.717) is 6.54 Å². The van der Waals surface area contributed by atoms with E-state index < -0.39 is 6.04 Å². The molecule has 1 rings (SSSR count). The van der Waals surface area contributed by atoms with Gasteiger partial charge in [-0.3, -0.25) is 4.79 Å². The zero-order chi connectivity index (χ0) is 11.4. The molecule has 1 aliphatic heterocycles. The fourth-order valence-corrected chi connectivity index (χ4v) is 1.91. The molecule has 0 aromatic rings. The Morgan fingerprint density at radius 1 is 1.60 bits per heavy atom. The monoisotopic (exact) mass is 214 g/mol. The third-order valence-electron chi connectivity index (χ3n) is 3.09. The number of aliphatic hydroxyl groups is 1. The molecule has 1 amide bonds. The topological polar surface area (TPSA) is 66.6 Å². The summed E-state index contributed by atoms with van der Waals surface area (Å²) in [5.41, 5.74) is 5.82. The van der Waals surface area contributed by atoms with Gasteiger partial charge < -0.3 is 15.7 Å². The van der Waals surface area contributed by atoms with Crippen LogP contribution in [-0.4, -0.2) is 41.7 Å². The van der Waals surface area contributed by atoms with Gasteiger partial charge in [0.15, 0.2) is 0 Å². The number of aliphatic hydroxyl groups excluding tert-OH is 1. The summed E-state index contributed by atoms with van der Waals surface area (Å²) >= 11 is 0. The maximum atomic E-state index is 11.9. The minimum atomic E-state index is -0.401. The first-order valence-corrected chi connectivity index (χ1v) is 5.71. The Labute approximate surface area is 91.4 Å². The molecule has 4 heteroatoms. The average Bonchev–Trinajstić information content (AvgIpc) is 2.27. The summed E-state index contributed by atoms with van der Waals surface area (Å²) < 4.78 is 0. The van der Waals surface area contributed by atoms with Crippen LogP contribution in [0.1, 0.15) is 26.7 Å². The Balaban J connectivity index is 2.52. The predicted molar refractivity (Wildman–Crippen MR) is 59.2 cm³/mol. The number of amides is 1. The van der Waals surface area contributed by atoms with Crippen LogP contribution in [0.3, 0.4) is 0 Å². The lowest BCUT2D eigenvalue weighted by molar-refractivity contribution is -0.135. The third-order valence-corrected chi connectivity index (χ3v) is 3.09. The number of rotatable bonds is 3. The first-order chi connectivity index (χ1) is 7.06. The van der Waals surface area contributed by atoms with Crippen LogP contribution < -0.4 is 5.73 Å². The van der Waals surface area contributed by atoms with Crippen LogP contribution in [-0.2, 0) is 4.79 Å². The van der Waals surface area contributed by atoms with Crippen LogP contribution in [0.15, 0.2) is 0 Å². The van der Waals surface area contributed by atoms with Crippen molar-refractivity contribution in [2.24, 2.45) is 17.6 Å². The predicted octanol–water partition coefficient (Wildman–Crippen LogP) is 0.201. The number of nitrogens with two attached hydrogens (primary N) is 1. The lowest BCUT2D eigenvalue weighted by Crippen LogP contribution is -2.50. The lowest BCUT2D eigenvalue weighted by Gasteiger charge is -2.34. The van der Waals surface area contributed by atoms with E-state index in [1.54, 1.807) is 4.90 Å². The smallest absolute Gasteiger partial charge is 0.239 e. The summed E-state index contributed by atoms with van der Waals surface area (Å²) in [6.45, 7) is 5.53. The number of piperidine rings is 1. The number of likely N-dealkylation sites (tertiary alicyclic amines) is 1. The second kappa shape index (κ2) is 5.47. The number of hydrogen-bond acceptors (Lipinski definition) is 3. The first-order valence-electron chi connectivity index (χ1n) is 5.71. The summed E-state index contributed by atoms with van der Waals surface area (Å²) in [5.74, 6) is 0.442. The van der Waals surface area contributed by atoms with E-state index in [1.807, 2.05) is 13.8 Å². The van der Waals surface area contributed by atoms with Crippen LogP contribution in [0.5, 0.6) is 0 Å². The van der Waals surface area contributed by atoms with Gasteiger partial charge in [0.1, 0.15) is 0 Å². The minimum absolute atomic E-state index is 0.0307. The summed E-state index contributed by atoms with van der Waals surface area (Å²) in [6.07, 6.45) is 1.99. The molecular weight excluding hydrogens is 192 g/mol. The van der Waals surface area contributed by atoms with Gasteiger partial charge in [0.2, 0.25) is 5.91 Å². The number of carbonyl (C=O) groups is 1. The molecule has 1 heterocycles. The zero-order valence-electron chi connectivity index (χ0n) is 9.65. The summed E-state index contributed by atoms with van der Waals surface area (Å²) in [5, 5.41) is 9.07. The minimum Gasteiger partial charge on any atom is -0.396 e. The van der Waals surface area contributed by atoms with Crippen LogP contribution in [0.4, 0.5) is 0 Å². The van der Waals surface area contributed by atoms with Crippen molar-refractivity contribution in [3.8, 4) is 0 Å². The van der Waals surface area contributed by atoms with Crippen molar-refractivity contribution in [1.29, 1.82) is 0 Å². The quantitative estimate of drug-likeness (QED) is 0.705. The normalized spacial score (nSPS) is 24.3. The highest BCUT2D eigenvalue weighted by Crippen LogP contribution is 2.17. The fraction of sp³-hybridized carbons (Fsp3) is 0.909. The van der Waals surface area contributed by atoms with Gasteiger partial charge in [-0.1, -0.05) is 13.8 Å². The molecule has 0 radical (unpaired) electrons. The van der Waals surface area contributed by atoms with E-state index in [1.165, 1.54) is 0 Å². The highest BCUT2D eigenvalue weighted by atomic mass is 16.3. The van der Waals surface area contributed by atoms with Crippen LogP contribution >= 0.6 is 0 Å². The molecule has 88 valence electrons. The van der Waals surface area contributed by atoms with Crippen molar-refractivity contribution in [3.05, 3.63) is 0 Å². The number of carbonyl (C=O) groups excluding carboxylic acids is 1. The number of hydrogen-bond donors (Lipinski definition) is 2. The van der Waals surface area contributed by atoms with E-state index in [0.717, 1.165) is 19.4 Å². The van der Waals surface area contributed by atoms with Crippen molar-refractivity contribution >= 4 is 5.91 Å². The third kappa shape index (κ3) is 3.18. The fourth-order valence-electron chi connectivity index (χ4n) is 1.91. The van der Waals surface area contributed by atoms with E-state index >= 15 is 0 Å². The molecular formula is C11H22N2O2. The molecule has 0 saturated carbocycles. The highest BCUT2D eigenvalue weighted by Gasteiger charge is 2.27. The van der Waals surface area contributed by atoms with Crippen LogP contribution in [0.25, 0.3) is 0 Å². The largest absolute Gasteiger partial charge is 0.396 e. The summed E-state index contributed by atoms with van der Waals surface area (Å²) in [4.78, 5) is 13.7. The maximum absolute atomic E-state index is 11.9. The molecule has 0 spiro atoms. The number of nitrogens with zero attached hydrogens (tertiary/aromatic N) is 1. The van der Waals surface area contributed by atoms with Gasteiger partial charge in [-0.15, -0.1) is 0 Å². The van der Waals surface area contributed by atoms with E-state index in [-0.39, 0.29) is 24.3 Å². The van der Waals surface area contributed by atoms with Crippen LogP contribution in [0.2, 0.25) is 0 Å². The highest BCUT2D eigenvalue weighted by molar-refractivity contribution is 5.82. The van der Waals surface area contributed by atoms with Gasteiger partial charge in [0.25, 0.3) is 0 Å².